The number of rotatable bonds is 14. The van der Waals surface area contributed by atoms with Gasteiger partial charge in [-0.2, -0.15) is 9.57 Å². The molecule has 1 aromatic heterocycles. The van der Waals surface area contributed by atoms with Gasteiger partial charge < -0.3 is 30.0 Å². The molecule has 0 radical (unpaired) electrons. The second kappa shape index (κ2) is 19.6. The van der Waals surface area contributed by atoms with E-state index in [1.165, 1.54) is 6.92 Å². The number of carboxylic acid groups (broad SMARTS) is 1. The molecule has 9 rings (SSSR count). The summed E-state index contributed by atoms with van der Waals surface area (Å²) in [6.07, 6.45) is 1.72. The Morgan fingerprint density at radius 3 is 2.26 bits per heavy atom. The smallest absolute Gasteiger partial charge is 0.326 e. The molecule has 18 heteroatoms. The Hall–Kier alpha value is -6.48. The summed E-state index contributed by atoms with van der Waals surface area (Å²) in [6.45, 7) is 1.71. The van der Waals surface area contributed by atoms with E-state index < -0.39 is 40.1 Å². The van der Waals surface area contributed by atoms with E-state index >= 15 is 0 Å². The van der Waals surface area contributed by atoms with E-state index in [1.807, 2.05) is 54.6 Å². The highest BCUT2D eigenvalue weighted by Gasteiger charge is 2.43. The molecule has 14 nitrogen and oxygen atoms in total. The van der Waals surface area contributed by atoms with Gasteiger partial charge in [0.15, 0.2) is 26.9 Å². The van der Waals surface area contributed by atoms with Crippen LogP contribution in [0.4, 0.5) is 5.13 Å². The van der Waals surface area contributed by atoms with Gasteiger partial charge in [0, 0.05) is 18.9 Å². The van der Waals surface area contributed by atoms with Crippen molar-refractivity contribution in [1.29, 1.82) is 5.26 Å². The third kappa shape index (κ3) is 10.0. The van der Waals surface area contributed by atoms with Crippen LogP contribution in [0, 0.1) is 24.2 Å². The monoisotopic (exact) mass is 991 g/mol. The van der Waals surface area contributed by atoms with E-state index in [1.54, 1.807) is 48.5 Å². The Labute approximate surface area is 406 Å². The van der Waals surface area contributed by atoms with Gasteiger partial charge in [0.1, 0.15) is 31.0 Å². The number of benzene rings is 5. The first-order valence-electron chi connectivity index (χ1n) is 21.8. The quantitative estimate of drug-likeness (QED) is 0.0942. The SMILES string of the molecule is Cc1nc(NC(=O)C2CCC2)sc1S(=O)(=O)N1Cc2cc3c(cc2C[C@H]1C(=O)N[C@@H](Cc1ccc(-c2ccc(C#N)cc2)cc1)C(=O)O)OCC(c1ccc(OCc2ccc(Cl)c(Cl)c2)cc1)O3. The van der Waals surface area contributed by atoms with Gasteiger partial charge in [0.25, 0.3) is 10.0 Å². The zero-order chi connectivity index (χ0) is 47.7. The van der Waals surface area contributed by atoms with Crippen LogP contribution < -0.4 is 24.8 Å². The number of sulfonamides is 1. The number of aromatic nitrogens is 1. The summed E-state index contributed by atoms with van der Waals surface area (Å²) in [5, 5.41) is 26.0. The second-order valence-corrected chi connectivity index (χ2v) is 20.8. The molecule has 1 aliphatic carbocycles. The second-order valence-electron chi connectivity index (χ2n) is 16.9. The lowest BCUT2D eigenvalue weighted by molar-refractivity contribution is -0.142. The molecule has 0 bridgehead atoms. The topological polar surface area (TPSA) is 197 Å². The zero-order valence-corrected chi connectivity index (χ0v) is 39.6. The first-order chi connectivity index (χ1) is 32.7. The normalized spacial score (nSPS) is 17.2. The van der Waals surface area contributed by atoms with Crippen LogP contribution in [0.1, 0.15) is 64.4 Å². The van der Waals surface area contributed by atoms with Crippen molar-refractivity contribution in [3.8, 4) is 34.4 Å². The van der Waals surface area contributed by atoms with E-state index in [9.17, 15) is 27.9 Å². The number of fused-ring (bicyclic) bond motifs is 2. The Bertz CT molecular complexity index is 3070. The van der Waals surface area contributed by atoms with Gasteiger partial charge in [-0.3, -0.25) is 9.59 Å². The number of aliphatic carboxylic acids is 1. The standard InChI is InChI=1S/C50H43Cl2N5O9S2/c1-28-49(67-50(54-28)56-46(58)35-3-2-4-35)68(62,63)57-25-37-23-44-43(65-27-45(66-44)34-14-16-38(17-15-34)64-26-31-9-18-39(51)40(52)19-31)22-36(37)21-42(57)47(59)55-41(48(60)61)20-29-5-10-32(11-6-29)33-12-7-30(24-53)8-13-33/h5-19,22-23,35,41-42,45H,2-4,20-21,25-27H2,1H3,(H,55,59)(H,60,61)(H,54,56,58)/t41-,42-,45?/m0/s1. The molecule has 3 atom stereocenters. The largest absolute Gasteiger partial charge is 0.489 e. The number of thiazole rings is 1. The molecule has 5 aromatic carbocycles. The number of ether oxygens (including phenoxy) is 3. The summed E-state index contributed by atoms with van der Waals surface area (Å²) in [5.41, 5.74) is 5.87. The summed E-state index contributed by atoms with van der Waals surface area (Å²) >= 11 is 13.0. The molecule has 1 fully saturated rings. The summed E-state index contributed by atoms with van der Waals surface area (Å²) < 4.78 is 49.2. The van der Waals surface area contributed by atoms with E-state index in [0.717, 1.165) is 57.2 Å². The van der Waals surface area contributed by atoms with Crippen molar-refractivity contribution in [2.75, 3.05) is 11.9 Å². The molecule has 0 spiro atoms. The van der Waals surface area contributed by atoms with E-state index in [-0.39, 0.29) is 59.5 Å². The number of hydrogen-bond donors (Lipinski definition) is 3. The maximum absolute atomic E-state index is 14.8. The van der Waals surface area contributed by atoms with Crippen molar-refractivity contribution in [2.45, 2.75) is 74.6 Å². The lowest BCUT2D eigenvalue weighted by Gasteiger charge is -2.36. The van der Waals surface area contributed by atoms with E-state index in [4.69, 9.17) is 42.7 Å². The predicted molar refractivity (Wildman–Crippen MR) is 255 cm³/mol. The van der Waals surface area contributed by atoms with Crippen LogP contribution in [0.25, 0.3) is 11.1 Å². The third-order valence-corrected chi connectivity index (χ3v) is 16.6. The summed E-state index contributed by atoms with van der Waals surface area (Å²) in [5.74, 6) is -1.08. The van der Waals surface area contributed by atoms with Gasteiger partial charge >= 0.3 is 5.97 Å². The summed E-state index contributed by atoms with van der Waals surface area (Å²) in [6, 6.07) is 29.7. The lowest BCUT2D eigenvalue weighted by atomic mass is 9.85. The number of nitrogens with one attached hydrogen (secondary N) is 2. The van der Waals surface area contributed by atoms with Crippen LogP contribution in [-0.2, 0) is 50.4 Å². The van der Waals surface area contributed by atoms with Crippen molar-refractivity contribution in [1.82, 2.24) is 14.6 Å². The van der Waals surface area contributed by atoms with E-state index in [0.29, 0.717) is 49.5 Å². The van der Waals surface area contributed by atoms with Gasteiger partial charge in [0.2, 0.25) is 11.8 Å². The fourth-order valence-corrected chi connectivity index (χ4v) is 11.7. The molecular weight excluding hydrogens is 950 g/mol. The fraction of sp³-hybridized carbons (Fsp3) is 0.260. The molecule has 3 heterocycles. The average Bonchev–Trinajstić information content (AvgIpc) is 3.70. The number of hydrogen-bond acceptors (Lipinski definition) is 11. The number of amides is 2. The number of carbonyl (C=O) groups is 3. The molecule has 6 aromatic rings. The number of halogens is 2. The maximum atomic E-state index is 14.8. The highest BCUT2D eigenvalue weighted by molar-refractivity contribution is 7.91. The third-order valence-electron chi connectivity index (χ3n) is 12.3. The maximum Gasteiger partial charge on any atom is 0.326 e. The number of aryl methyl sites for hydroxylation is 1. The Morgan fingerprint density at radius 2 is 1.60 bits per heavy atom. The molecule has 1 unspecified atom stereocenters. The minimum Gasteiger partial charge on any atom is -0.489 e. The van der Waals surface area contributed by atoms with Crippen LogP contribution in [0.3, 0.4) is 0 Å². The number of carboxylic acids is 1. The lowest BCUT2D eigenvalue weighted by Crippen LogP contribution is -2.55. The van der Waals surface area contributed by atoms with Crippen molar-refractivity contribution >= 4 is 67.5 Å². The highest BCUT2D eigenvalue weighted by atomic mass is 35.5. The Kier molecular flexibility index (Phi) is 13.5. The summed E-state index contributed by atoms with van der Waals surface area (Å²) in [7, 11) is -4.50. The zero-order valence-electron chi connectivity index (χ0n) is 36.4. The minimum atomic E-state index is -4.50. The molecule has 68 heavy (non-hydrogen) atoms. The van der Waals surface area contributed by atoms with Gasteiger partial charge in [0.05, 0.1) is 27.4 Å². The van der Waals surface area contributed by atoms with Gasteiger partial charge in [-0.05, 0) is 114 Å². The molecule has 2 aliphatic heterocycles. The molecular formula is C50H43Cl2N5O9S2. The van der Waals surface area contributed by atoms with Crippen LogP contribution in [0.2, 0.25) is 10.0 Å². The number of nitrogens with zero attached hydrogens (tertiary/aromatic N) is 3. The van der Waals surface area contributed by atoms with Crippen molar-refractivity contribution in [2.24, 2.45) is 5.92 Å². The molecule has 3 aliphatic rings. The van der Waals surface area contributed by atoms with Crippen molar-refractivity contribution in [3.05, 3.63) is 152 Å². The predicted octanol–water partition coefficient (Wildman–Crippen LogP) is 9.05. The average molecular weight is 993 g/mol. The van der Waals surface area contributed by atoms with Crippen LogP contribution in [-0.4, -0.2) is 59.3 Å². The number of carbonyl (C=O) groups excluding carboxylic acids is 2. The molecule has 3 N–H and O–H groups in total. The molecule has 2 amide bonds. The molecule has 0 saturated heterocycles. The number of nitriles is 1. The first kappa shape index (κ1) is 46.6. The highest BCUT2D eigenvalue weighted by Crippen LogP contribution is 2.43. The van der Waals surface area contributed by atoms with Crippen molar-refractivity contribution in [3.63, 3.8) is 0 Å². The first-order valence-corrected chi connectivity index (χ1v) is 24.8. The van der Waals surface area contributed by atoms with Gasteiger partial charge in [-0.15, -0.1) is 0 Å². The number of anilines is 1. The van der Waals surface area contributed by atoms with Crippen LogP contribution in [0.5, 0.6) is 17.2 Å². The van der Waals surface area contributed by atoms with E-state index in [2.05, 4.69) is 21.7 Å². The Balaban J connectivity index is 0.954. The Morgan fingerprint density at radius 1 is 0.912 bits per heavy atom. The van der Waals surface area contributed by atoms with Gasteiger partial charge in [-0.25, -0.2) is 18.2 Å². The minimum absolute atomic E-state index is 0.0862. The van der Waals surface area contributed by atoms with Crippen LogP contribution >= 0.6 is 34.5 Å². The summed E-state index contributed by atoms with van der Waals surface area (Å²) in [4.78, 5) is 44.4. The van der Waals surface area contributed by atoms with Crippen molar-refractivity contribution < 1.29 is 42.1 Å². The fourth-order valence-electron chi connectivity index (χ4n) is 8.28. The van der Waals surface area contributed by atoms with Crippen LogP contribution in [0.15, 0.2) is 107 Å². The molecule has 1 saturated carbocycles. The van der Waals surface area contributed by atoms with Gasteiger partial charge in [-0.1, -0.05) is 95.6 Å². The molecule has 348 valence electrons.